The van der Waals surface area contributed by atoms with Gasteiger partial charge in [0.1, 0.15) is 11.5 Å². The molecule has 0 bridgehead atoms. The van der Waals surface area contributed by atoms with E-state index in [9.17, 15) is 14.7 Å². The highest BCUT2D eigenvalue weighted by Gasteiger charge is 2.46. The summed E-state index contributed by atoms with van der Waals surface area (Å²) in [5, 5.41) is 11.1. The lowest BCUT2D eigenvalue weighted by atomic mass is 9.92. The zero-order chi connectivity index (χ0) is 21.0. The van der Waals surface area contributed by atoms with Gasteiger partial charge in [-0.15, -0.1) is 0 Å². The minimum Gasteiger partial charge on any atom is -0.507 e. The molecule has 1 saturated heterocycles. The third-order valence-electron chi connectivity index (χ3n) is 5.07. The molecule has 0 radical (unpaired) electrons. The molecule has 2 aromatic rings. The molecule has 1 N–H and O–H groups in total. The molecule has 0 aromatic heterocycles. The van der Waals surface area contributed by atoms with Crippen molar-refractivity contribution in [3.05, 3.63) is 70.8 Å². The van der Waals surface area contributed by atoms with Crippen molar-refractivity contribution in [1.82, 2.24) is 4.90 Å². The number of ketones is 1. The summed E-state index contributed by atoms with van der Waals surface area (Å²) in [6.07, 6.45) is 1.58. The molecule has 1 unspecified atom stereocenters. The van der Waals surface area contributed by atoms with Crippen LogP contribution in [0.1, 0.15) is 49.4 Å². The predicted molar refractivity (Wildman–Crippen MR) is 113 cm³/mol. The Morgan fingerprint density at radius 3 is 2.52 bits per heavy atom. The van der Waals surface area contributed by atoms with Crippen molar-refractivity contribution < 1.29 is 19.4 Å². The van der Waals surface area contributed by atoms with Gasteiger partial charge in [-0.2, -0.15) is 0 Å². The zero-order valence-corrected chi connectivity index (χ0v) is 17.1. The Hall–Kier alpha value is -3.08. The summed E-state index contributed by atoms with van der Waals surface area (Å²) in [4.78, 5) is 27.2. The fourth-order valence-electron chi connectivity index (χ4n) is 3.68. The van der Waals surface area contributed by atoms with Crippen LogP contribution in [0.2, 0.25) is 0 Å². The molecule has 3 rings (SSSR count). The number of ether oxygens (including phenoxy) is 1. The first-order valence-electron chi connectivity index (χ1n) is 10.1. The van der Waals surface area contributed by atoms with Crippen LogP contribution in [0.15, 0.2) is 54.1 Å². The van der Waals surface area contributed by atoms with Gasteiger partial charge in [-0.05, 0) is 43.0 Å². The Balaban J connectivity index is 2.14. The first-order valence-corrected chi connectivity index (χ1v) is 10.1. The van der Waals surface area contributed by atoms with E-state index < -0.39 is 17.7 Å². The van der Waals surface area contributed by atoms with Gasteiger partial charge >= 0.3 is 0 Å². The lowest BCUT2D eigenvalue weighted by molar-refractivity contribution is -0.139. The number of hydrogen-bond donors (Lipinski definition) is 1. The van der Waals surface area contributed by atoms with Crippen molar-refractivity contribution in [2.75, 3.05) is 13.2 Å². The second-order valence-electron chi connectivity index (χ2n) is 7.23. The number of rotatable bonds is 7. The van der Waals surface area contributed by atoms with Gasteiger partial charge in [-0.25, -0.2) is 0 Å². The minimum atomic E-state index is -0.649. The SMILES string of the molecule is CCCOc1cccc(/C(O)=C2\C(=O)C(=O)N(CCC)C2c2ccccc2C)c1. The molecule has 29 heavy (non-hydrogen) atoms. The van der Waals surface area contributed by atoms with Crippen LogP contribution < -0.4 is 4.74 Å². The van der Waals surface area contributed by atoms with Crippen LogP contribution in [0, 0.1) is 6.92 Å². The third-order valence-corrected chi connectivity index (χ3v) is 5.07. The molecule has 0 spiro atoms. The quantitative estimate of drug-likeness (QED) is 0.424. The van der Waals surface area contributed by atoms with E-state index >= 15 is 0 Å². The largest absolute Gasteiger partial charge is 0.507 e. The Bertz CT molecular complexity index is 947. The maximum atomic E-state index is 12.9. The number of likely N-dealkylation sites (tertiary alicyclic amines) is 1. The van der Waals surface area contributed by atoms with E-state index in [-0.39, 0.29) is 11.3 Å². The van der Waals surface area contributed by atoms with E-state index in [1.54, 1.807) is 29.2 Å². The number of amides is 1. The number of hydrogen-bond acceptors (Lipinski definition) is 4. The van der Waals surface area contributed by atoms with E-state index in [1.165, 1.54) is 0 Å². The number of aryl methyl sites for hydroxylation is 1. The van der Waals surface area contributed by atoms with Crippen LogP contribution in [0.3, 0.4) is 0 Å². The highest BCUT2D eigenvalue weighted by atomic mass is 16.5. The van der Waals surface area contributed by atoms with Gasteiger partial charge in [0, 0.05) is 12.1 Å². The maximum Gasteiger partial charge on any atom is 0.295 e. The summed E-state index contributed by atoms with van der Waals surface area (Å²) in [5.41, 5.74) is 2.41. The summed E-state index contributed by atoms with van der Waals surface area (Å²) >= 11 is 0. The van der Waals surface area contributed by atoms with Gasteiger partial charge in [0.2, 0.25) is 0 Å². The number of Topliss-reactive ketones (excluding diaryl/α,β-unsaturated/α-hetero) is 1. The fraction of sp³-hybridized carbons (Fsp3) is 0.333. The lowest BCUT2D eigenvalue weighted by Gasteiger charge is -2.26. The molecule has 1 atom stereocenters. The second-order valence-corrected chi connectivity index (χ2v) is 7.23. The van der Waals surface area contributed by atoms with Crippen LogP contribution in [-0.2, 0) is 9.59 Å². The van der Waals surface area contributed by atoms with E-state index in [0.29, 0.717) is 24.5 Å². The Kier molecular flexibility index (Phi) is 6.37. The van der Waals surface area contributed by atoms with Gasteiger partial charge in [0.05, 0.1) is 18.2 Å². The molecule has 1 amide bonds. The average molecular weight is 393 g/mol. The van der Waals surface area contributed by atoms with Crippen LogP contribution >= 0.6 is 0 Å². The Morgan fingerprint density at radius 2 is 1.83 bits per heavy atom. The van der Waals surface area contributed by atoms with Gasteiger partial charge in [-0.1, -0.05) is 50.2 Å². The molecule has 1 heterocycles. The van der Waals surface area contributed by atoms with Crippen molar-refractivity contribution in [2.45, 2.75) is 39.7 Å². The first kappa shape index (κ1) is 20.6. The molecule has 1 aliphatic rings. The van der Waals surface area contributed by atoms with Crippen molar-refractivity contribution in [2.24, 2.45) is 0 Å². The van der Waals surface area contributed by atoms with E-state index in [2.05, 4.69) is 0 Å². The maximum absolute atomic E-state index is 12.9. The number of aliphatic hydroxyl groups excluding tert-OH is 1. The monoisotopic (exact) mass is 393 g/mol. The molecule has 152 valence electrons. The van der Waals surface area contributed by atoms with Crippen LogP contribution in [-0.4, -0.2) is 34.8 Å². The molecule has 1 fully saturated rings. The van der Waals surface area contributed by atoms with Gasteiger partial charge < -0.3 is 14.7 Å². The molecule has 5 heteroatoms. The standard InChI is InChI=1S/C24H27NO4/c1-4-13-25-21(19-12-7-6-9-16(19)3)20(23(27)24(25)28)22(26)17-10-8-11-18(15-17)29-14-5-2/h6-12,15,21,26H,4-5,13-14H2,1-3H3/b22-20+. The van der Waals surface area contributed by atoms with Crippen LogP contribution in [0.4, 0.5) is 0 Å². The molecule has 0 saturated carbocycles. The lowest BCUT2D eigenvalue weighted by Crippen LogP contribution is -2.30. The predicted octanol–water partition coefficient (Wildman–Crippen LogP) is 4.62. The highest BCUT2D eigenvalue weighted by Crippen LogP contribution is 2.40. The number of aliphatic hydroxyl groups is 1. The molecular weight excluding hydrogens is 366 g/mol. The molecule has 1 aliphatic heterocycles. The number of carbonyl (C=O) groups is 2. The minimum absolute atomic E-state index is 0.130. The zero-order valence-electron chi connectivity index (χ0n) is 17.1. The summed E-state index contributed by atoms with van der Waals surface area (Å²) in [5.74, 6) is -0.771. The molecule has 0 aliphatic carbocycles. The van der Waals surface area contributed by atoms with E-state index in [1.807, 2.05) is 45.0 Å². The summed E-state index contributed by atoms with van der Waals surface area (Å²) < 4.78 is 5.65. The fourth-order valence-corrected chi connectivity index (χ4v) is 3.68. The van der Waals surface area contributed by atoms with Crippen molar-refractivity contribution >= 4 is 17.4 Å². The van der Waals surface area contributed by atoms with Gasteiger partial charge in [0.15, 0.2) is 0 Å². The van der Waals surface area contributed by atoms with Gasteiger partial charge in [0.25, 0.3) is 11.7 Å². The highest BCUT2D eigenvalue weighted by molar-refractivity contribution is 6.46. The van der Waals surface area contributed by atoms with Crippen molar-refractivity contribution in [1.29, 1.82) is 0 Å². The van der Waals surface area contributed by atoms with Crippen LogP contribution in [0.5, 0.6) is 5.75 Å². The third kappa shape index (κ3) is 4.04. The number of carbonyl (C=O) groups excluding carboxylic acids is 2. The van der Waals surface area contributed by atoms with Crippen molar-refractivity contribution in [3.63, 3.8) is 0 Å². The number of nitrogens with zero attached hydrogens (tertiary/aromatic N) is 1. The van der Waals surface area contributed by atoms with Crippen LogP contribution in [0.25, 0.3) is 5.76 Å². The molecule has 5 nitrogen and oxygen atoms in total. The smallest absolute Gasteiger partial charge is 0.295 e. The average Bonchev–Trinajstić information content (AvgIpc) is 2.97. The Morgan fingerprint density at radius 1 is 1.07 bits per heavy atom. The normalized spacial score (nSPS) is 18.3. The van der Waals surface area contributed by atoms with Gasteiger partial charge in [-0.3, -0.25) is 9.59 Å². The molecule has 2 aromatic carbocycles. The van der Waals surface area contributed by atoms with E-state index in [4.69, 9.17) is 4.74 Å². The molecular formula is C24H27NO4. The summed E-state index contributed by atoms with van der Waals surface area (Å²) in [6.45, 7) is 6.93. The van der Waals surface area contributed by atoms with E-state index in [0.717, 1.165) is 24.0 Å². The Labute approximate surface area is 171 Å². The number of benzene rings is 2. The van der Waals surface area contributed by atoms with Crippen molar-refractivity contribution in [3.8, 4) is 5.75 Å². The first-order chi connectivity index (χ1) is 14.0. The summed E-state index contributed by atoms with van der Waals surface area (Å²) in [6, 6.07) is 14.0. The summed E-state index contributed by atoms with van der Waals surface area (Å²) in [7, 11) is 0. The second kappa shape index (κ2) is 8.95. The topological polar surface area (TPSA) is 66.8 Å².